The Morgan fingerprint density at radius 1 is 1.39 bits per heavy atom. The van der Waals surface area contributed by atoms with Crippen LogP contribution in [0.5, 0.6) is 5.75 Å². The lowest BCUT2D eigenvalue weighted by atomic mass is 10.2. The number of nitrogens with zero attached hydrogens (tertiary/aromatic N) is 2. The molecule has 0 aliphatic carbocycles. The molecule has 94 valence electrons. The normalized spacial score (nSPS) is 19.1. The van der Waals surface area contributed by atoms with Gasteiger partial charge in [0.25, 0.3) is 5.89 Å². The summed E-state index contributed by atoms with van der Waals surface area (Å²) in [6, 6.07) is 7.76. The van der Waals surface area contributed by atoms with Gasteiger partial charge < -0.3 is 14.6 Å². The van der Waals surface area contributed by atoms with Gasteiger partial charge in [0.2, 0.25) is 0 Å². The van der Waals surface area contributed by atoms with Gasteiger partial charge in [0.05, 0.1) is 5.56 Å². The summed E-state index contributed by atoms with van der Waals surface area (Å²) < 4.78 is 11.2. The number of benzene rings is 1. The van der Waals surface area contributed by atoms with Gasteiger partial charge >= 0.3 is 0 Å². The van der Waals surface area contributed by atoms with E-state index in [1.165, 1.54) is 0 Å². The minimum absolute atomic E-state index is 0.218. The minimum Gasteiger partial charge on any atom is -0.488 e. The lowest BCUT2D eigenvalue weighted by molar-refractivity contribution is 0.223. The van der Waals surface area contributed by atoms with Gasteiger partial charge in [-0.1, -0.05) is 17.3 Å². The van der Waals surface area contributed by atoms with E-state index in [-0.39, 0.29) is 6.10 Å². The molecule has 5 heteroatoms. The summed E-state index contributed by atoms with van der Waals surface area (Å²) >= 11 is 0. The monoisotopic (exact) mass is 245 g/mol. The van der Waals surface area contributed by atoms with E-state index in [9.17, 15) is 0 Å². The number of aryl methyl sites for hydroxylation is 1. The van der Waals surface area contributed by atoms with Crippen molar-refractivity contribution < 1.29 is 9.26 Å². The van der Waals surface area contributed by atoms with E-state index in [4.69, 9.17) is 9.26 Å². The standard InChI is InChI=1S/C13H15N3O2/c1-9-15-13(18-16-9)11-4-2-3-5-12(11)17-10-6-7-14-8-10/h2-5,10,14H,6-8H2,1H3/t10-/m1/s1. The quantitative estimate of drug-likeness (QED) is 0.893. The Morgan fingerprint density at radius 2 is 2.28 bits per heavy atom. The summed E-state index contributed by atoms with van der Waals surface area (Å²) in [5, 5.41) is 7.09. The maximum absolute atomic E-state index is 5.98. The SMILES string of the molecule is Cc1noc(-c2ccccc2O[C@@H]2CCNC2)n1. The second-order valence-electron chi connectivity index (χ2n) is 4.38. The van der Waals surface area contributed by atoms with Crippen LogP contribution >= 0.6 is 0 Å². The third-order valence-electron chi connectivity index (χ3n) is 2.95. The van der Waals surface area contributed by atoms with Crippen LogP contribution in [0.1, 0.15) is 12.2 Å². The zero-order valence-electron chi connectivity index (χ0n) is 10.2. The molecule has 2 heterocycles. The van der Waals surface area contributed by atoms with E-state index >= 15 is 0 Å². The molecule has 1 aromatic heterocycles. The van der Waals surface area contributed by atoms with E-state index in [0.717, 1.165) is 30.8 Å². The van der Waals surface area contributed by atoms with Crippen LogP contribution in [-0.4, -0.2) is 29.3 Å². The zero-order valence-corrected chi connectivity index (χ0v) is 10.2. The van der Waals surface area contributed by atoms with E-state index in [1.807, 2.05) is 24.3 Å². The fourth-order valence-corrected chi connectivity index (χ4v) is 2.06. The second-order valence-corrected chi connectivity index (χ2v) is 4.38. The van der Waals surface area contributed by atoms with Gasteiger partial charge in [0.15, 0.2) is 5.82 Å². The first-order valence-corrected chi connectivity index (χ1v) is 6.10. The molecule has 1 aromatic carbocycles. The maximum Gasteiger partial charge on any atom is 0.261 e. The fraction of sp³-hybridized carbons (Fsp3) is 0.385. The average molecular weight is 245 g/mol. The molecule has 2 aromatic rings. The molecule has 0 saturated carbocycles. The van der Waals surface area contributed by atoms with Gasteiger partial charge in [-0.2, -0.15) is 4.98 Å². The number of hydrogen-bond donors (Lipinski definition) is 1. The van der Waals surface area contributed by atoms with Crippen molar-refractivity contribution in [3.8, 4) is 17.2 Å². The first kappa shape index (κ1) is 11.2. The van der Waals surface area contributed by atoms with E-state index in [2.05, 4.69) is 15.5 Å². The first-order chi connectivity index (χ1) is 8.83. The number of hydrogen-bond acceptors (Lipinski definition) is 5. The van der Waals surface area contributed by atoms with Crippen LogP contribution in [0.4, 0.5) is 0 Å². The maximum atomic E-state index is 5.98. The van der Waals surface area contributed by atoms with Crippen molar-refractivity contribution in [2.75, 3.05) is 13.1 Å². The summed E-state index contributed by atoms with van der Waals surface area (Å²) in [4.78, 5) is 4.24. The highest BCUT2D eigenvalue weighted by molar-refractivity contribution is 5.62. The number of aromatic nitrogens is 2. The number of ether oxygens (including phenoxy) is 1. The Hall–Kier alpha value is -1.88. The fourth-order valence-electron chi connectivity index (χ4n) is 2.06. The molecule has 1 aliphatic rings. The van der Waals surface area contributed by atoms with Gasteiger partial charge in [0.1, 0.15) is 11.9 Å². The number of rotatable bonds is 3. The van der Waals surface area contributed by atoms with Crippen molar-refractivity contribution in [3.63, 3.8) is 0 Å². The van der Waals surface area contributed by atoms with Crippen molar-refractivity contribution in [1.82, 2.24) is 15.5 Å². The third kappa shape index (κ3) is 2.22. The molecule has 1 fully saturated rings. The number of nitrogens with one attached hydrogen (secondary N) is 1. The van der Waals surface area contributed by atoms with Crippen LogP contribution in [0.3, 0.4) is 0 Å². The van der Waals surface area contributed by atoms with Crippen LogP contribution in [0.15, 0.2) is 28.8 Å². The van der Waals surface area contributed by atoms with Crippen molar-refractivity contribution in [1.29, 1.82) is 0 Å². The Bertz CT molecular complexity index is 533. The first-order valence-electron chi connectivity index (χ1n) is 6.10. The summed E-state index contributed by atoms with van der Waals surface area (Å²) in [6.07, 6.45) is 1.24. The molecule has 1 N–H and O–H groups in total. The van der Waals surface area contributed by atoms with Crippen molar-refractivity contribution in [2.24, 2.45) is 0 Å². The molecule has 1 saturated heterocycles. The van der Waals surface area contributed by atoms with Gasteiger partial charge in [-0.15, -0.1) is 0 Å². The molecule has 3 rings (SSSR count). The van der Waals surface area contributed by atoms with E-state index < -0.39 is 0 Å². The third-order valence-corrected chi connectivity index (χ3v) is 2.95. The molecule has 0 spiro atoms. The van der Waals surface area contributed by atoms with Crippen molar-refractivity contribution in [3.05, 3.63) is 30.1 Å². The molecule has 1 aliphatic heterocycles. The largest absolute Gasteiger partial charge is 0.488 e. The van der Waals surface area contributed by atoms with Crippen LogP contribution in [0.2, 0.25) is 0 Å². The molecular weight excluding hydrogens is 230 g/mol. The average Bonchev–Trinajstić information content (AvgIpc) is 3.02. The van der Waals surface area contributed by atoms with Gasteiger partial charge in [0, 0.05) is 6.54 Å². The van der Waals surface area contributed by atoms with Gasteiger partial charge in [-0.05, 0) is 32.0 Å². The van der Waals surface area contributed by atoms with Crippen molar-refractivity contribution in [2.45, 2.75) is 19.4 Å². The highest BCUT2D eigenvalue weighted by atomic mass is 16.5. The molecule has 18 heavy (non-hydrogen) atoms. The van der Waals surface area contributed by atoms with Crippen LogP contribution < -0.4 is 10.1 Å². The predicted octanol–water partition coefficient (Wildman–Crippen LogP) is 1.79. The Labute approximate surface area is 105 Å². The van der Waals surface area contributed by atoms with Crippen LogP contribution in [0, 0.1) is 6.92 Å². The molecule has 0 radical (unpaired) electrons. The Balaban J connectivity index is 1.89. The van der Waals surface area contributed by atoms with E-state index in [0.29, 0.717) is 11.7 Å². The topological polar surface area (TPSA) is 60.2 Å². The van der Waals surface area contributed by atoms with Gasteiger partial charge in [-0.3, -0.25) is 0 Å². The second kappa shape index (κ2) is 4.78. The molecule has 5 nitrogen and oxygen atoms in total. The summed E-state index contributed by atoms with van der Waals surface area (Å²) in [5.74, 6) is 1.94. The highest BCUT2D eigenvalue weighted by Gasteiger charge is 2.19. The predicted molar refractivity (Wildman–Crippen MR) is 66.4 cm³/mol. The smallest absolute Gasteiger partial charge is 0.261 e. The zero-order chi connectivity index (χ0) is 12.4. The Morgan fingerprint density at radius 3 is 3.00 bits per heavy atom. The molecule has 1 atom stereocenters. The van der Waals surface area contributed by atoms with Crippen LogP contribution in [-0.2, 0) is 0 Å². The highest BCUT2D eigenvalue weighted by Crippen LogP contribution is 2.29. The number of para-hydroxylation sites is 1. The summed E-state index contributed by atoms with van der Waals surface area (Å²) in [7, 11) is 0. The van der Waals surface area contributed by atoms with Crippen molar-refractivity contribution >= 4 is 0 Å². The molecule has 0 unspecified atom stereocenters. The molecular formula is C13H15N3O2. The minimum atomic E-state index is 0.218. The van der Waals surface area contributed by atoms with Gasteiger partial charge in [-0.25, -0.2) is 0 Å². The van der Waals surface area contributed by atoms with E-state index in [1.54, 1.807) is 6.92 Å². The molecule has 0 amide bonds. The Kier molecular flexibility index (Phi) is 2.98. The lowest BCUT2D eigenvalue weighted by Gasteiger charge is -2.14. The van der Waals surface area contributed by atoms with Crippen LogP contribution in [0.25, 0.3) is 11.5 Å². The summed E-state index contributed by atoms with van der Waals surface area (Å²) in [6.45, 7) is 3.70. The lowest BCUT2D eigenvalue weighted by Crippen LogP contribution is -2.19. The summed E-state index contributed by atoms with van der Waals surface area (Å²) in [5.41, 5.74) is 0.852. The molecule has 0 bridgehead atoms.